The van der Waals surface area contributed by atoms with E-state index in [0.717, 1.165) is 0 Å². The molecule has 0 unspecified atom stereocenters. The summed E-state index contributed by atoms with van der Waals surface area (Å²) in [5.41, 5.74) is 0.638. The molecule has 1 fully saturated rings. The molecule has 0 atom stereocenters. The summed E-state index contributed by atoms with van der Waals surface area (Å²) < 4.78 is 27.7. The van der Waals surface area contributed by atoms with E-state index < -0.39 is 10.2 Å². The molecule has 5 nitrogen and oxygen atoms in total. The van der Waals surface area contributed by atoms with Crippen molar-refractivity contribution in [1.82, 2.24) is 9.62 Å². The molecule has 84 valence electrons. The molecule has 2 heterocycles. The van der Waals surface area contributed by atoms with Gasteiger partial charge in [0.1, 0.15) is 0 Å². The summed E-state index contributed by atoms with van der Waals surface area (Å²) in [4.78, 5) is 0. The van der Waals surface area contributed by atoms with E-state index in [0.29, 0.717) is 31.9 Å². The first kappa shape index (κ1) is 10.9. The van der Waals surface area contributed by atoms with Gasteiger partial charge in [0.05, 0.1) is 5.69 Å². The lowest BCUT2D eigenvalue weighted by molar-refractivity contribution is 0.362. The molecule has 0 radical (unpaired) electrons. The Morgan fingerprint density at radius 3 is 2.73 bits per heavy atom. The summed E-state index contributed by atoms with van der Waals surface area (Å²) >= 11 is 1.47. The molecule has 1 aromatic heterocycles. The topological polar surface area (TPSA) is 61.4 Å². The predicted molar refractivity (Wildman–Crippen MR) is 61.3 cm³/mol. The zero-order valence-electron chi connectivity index (χ0n) is 8.14. The normalized spacial score (nSPS) is 18.9. The van der Waals surface area contributed by atoms with E-state index in [1.54, 1.807) is 11.4 Å². The van der Waals surface area contributed by atoms with Crippen LogP contribution in [-0.2, 0) is 10.2 Å². The van der Waals surface area contributed by atoms with E-state index in [1.807, 2.05) is 5.38 Å². The highest BCUT2D eigenvalue weighted by Gasteiger charge is 2.23. The summed E-state index contributed by atoms with van der Waals surface area (Å²) in [5.74, 6) is 0. The average molecular weight is 247 g/mol. The Labute approximate surface area is 93.3 Å². The van der Waals surface area contributed by atoms with Crippen molar-refractivity contribution in [1.29, 1.82) is 0 Å². The van der Waals surface area contributed by atoms with Gasteiger partial charge in [0.25, 0.3) is 0 Å². The lowest BCUT2D eigenvalue weighted by Gasteiger charge is -2.26. The third kappa shape index (κ3) is 2.69. The van der Waals surface area contributed by atoms with Crippen LogP contribution in [0.3, 0.4) is 0 Å². The molecular formula is C8H13N3O2S2. The molecule has 15 heavy (non-hydrogen) atoms. The fourth-order valence-electron chi connectivity index (χ4n) is 1.42. The second-order valence-corrected chi connectivity index (χ2v) is 5.72. The SMILES string of the molecule is O=S(=O)(Nc1ccsc1)N1CCNCC1. The maximum atomic E-state index is 11.8. The summed E-state index contributed by atoms with van der Waals surface area (Å²) in [5, 5.41) is 6.73. The van der Waals surface area contributed by atoms with E-state index in [-0.39, 0.29) is 0 Å². The third-order valence-electron chi connectivity index (χ3n) is 2.18. The molecule has 1 aromatic rings. The molecule has 1 aliphatic rings. The van der Waals surface area contributed by atoms with Gasteiger partial charge >= 0.3 is 10.2 Å². The van der Waals surface area contributed by atoms with Crippen LogP contribution in [-0.4, -0.2) is 38.9 Å². The number of piperazine rings is 1. The number of nitrogens with zero attached hydrogens (tertiary/aromatic N) is 1. The number of anilines is 1. The Hall–Kier alpha value is -0.630. The smallest absolute Gasteiger partial charge is 0.301 e. The highest BCUT2D eigenvalue weighted by Crippen LogP contribution is 2.15. The number of nitrogens with one attached hydrogen (secondary N) is 2. The maximum Gasteiger partial charge on any atom is 0.301 e. The van der Waals surface area contributed by atoms with Crippen LogP contribution in [0.15, 0.2) is 16.8 Å². The van der Waals surface area contributed by atoms with Gasteiger partial charge in [0.15, 0.2) is 0 Å². The van der Waals surface area contributed by atoms with Crippen molar-refractivity contribution in [2.75, 3.05) is 30.9 Å². The van der Waals surface area contributed by atoms with Crippen LogP contribution >= 0.6 is 11.3 Å². The highest BCUT2D eigenvalue weighted by molar-refractivity contribution is 7.90. The van der Waals surface area contributed by atoms with Gasteiger partial charge < -0.3 is 5.32 Å². The summed E-state index contributed by atoms with van der Waals surface area (Å²) in [6.45, 7) is 2.48. The standard InChI is InChI=1S/C8H13N3O2S2/c12-15(13,10-8-1-6-14-7-8)11-4-2-9-3-5-11/h1,6-7,9-10H,2-5H2. The molecule has 0 saturated carbocycles. The Bertz CT molecular complexity index is 396. The van der Waals surface area contributed by atoms with Gasteiger partial charge in [-0.15, -0.1) is 0 Å². The molecule has 0 amide bonds. The zero-order chi connectivity index (χ0) is 10.7. The summed E-state index contributed by atoms with van der Waals surface area (Å²) in [7, 11) is -3.36. The van der Waals surface area contributed by atoms with Crippen molar-refractivity contribution in [3.05, 3.63) is 16.8 Å². The number of thiophene rings is 1. The zero-order valence-corrected chi connectivity index (χ0v) is 9.77. The van der Waals surface area contributed by atoms with Crippen LogP contribution in [0.25, 0.3) is 0 Å². The van der Waals surface area contributed by atoms with Gasteiger partial charge in [-0.1, -0.05) is 0 Å². The molecule has 0 aromatic carbocycles. The van der Waals surface area contributed by atoms with Gasteiger partial charge in [-0.05, 0) is 11.4 Å². The molecule has 1 saturated heterocycles. The van der Waals surface area contributed by atoms with E-state index in [9.17, 15) is 8.42 Å². The second kappa shape index (κ2) is 4.48. The van der Waals surface area contributed by atoms with E-state index in [1.165, 1.54) is 15.6 Å². The van der Waals surface area contributed by atoms with E-state index >= 15 is 0 Å². The van der Waals surface area contributed by atoms with Crippen molar-refractivity contribution in [2.24, 2.45) is 0 Å². The van der Waals surface area contributed by atoms with Crippen molar-refractivity contribution in [3.63, 3.8) is 0 Å². The molecule has 7 heteroatoms. The van der Waals surface area contributed by atoms with Crippen LogP contribution in [0.1, 0.15) is 0 Å². The number of hydrogen-bond acceptors (Lipinski definition) is 4. The highest BCUT2D eigenvalue weighted by atomic mass is 32.2. The monoisotopic (exact) mass is 247 g/mol. The van der Waals surface area contributed by atoms with Crippen LogP contribution in [0.4, 0.5) is 5.69 Å². The Morgan fingerprint density at radius 2 is 2.13 bits per heavy atom. The first-order valence-corrected chi connectivity index (χ1v) is 7.07. The summed E-state index contributed by atoms with van der Waals surface area (Å²) in [6, 6.07) is 1.75. The molecule has 0 spiro atoms. The van der Waals surface area contributed by atoms with Gasteiger partial charge in [-0.25, -0.2) is 0 Å². The van der Waals surface area contributed by atoms with Gasteiger partial charge in [-0.2, -0.15) is 24.1 Å². The molecule has 2 rings (SSSR count). The van der Waals surface area contributed by atoms with E-state index in [2.05, 4.69) is 10.0 Å². The Kier molecular flexibility index (Phi) is 3.25. The van der Waals surface area contributed by atoms with Crippen LogP contribution in [0.5, 0.6) is 0 Å². The minimum absolute atomic E-state index is 0.527. The Morgan fingerprint density at radius 1 is 1.40 bits per heavy atom. The van der Waals surface area contributed by atoms with Crippen molar-refractivity contribution < 1.29 is 8.42 Å². The van der Waals surface area contributed by atoms with Crippen molar-refractivity contribution in [3.8, 4) is 0 Å². The average Bonchev–Trinajstić information content (AvgIpc) is 2.71. The largest absolute Gasteiger partial charge is 0.314 e. The molecular weight excluding hydrogens is 234 g/mol. The second-order valence-electron chi connectivity index (χ2n) is 3.27. The van der Waals surface area contributed by atoms with Crippen molar-refractivity contribution >= 4 is 27.2 Å². The molecule has 0 aliphatic carbocycles. The summed E-state index contributed by atoms with van der Waals surface area (Å²) in [6.07, 6.45) is 0. The fraction of sp³-hybridized carbons (Fsp3) is 0.500. The van der Waals surface area contributed by atoms with Crippen LogP contribution in [0.2, 0.25) is 0 Å². The van der Waals surface area contributed by atoms with Crippen LogP contribution < -0.4 is 10.0 Å². The quantitative estimate of drug-likeness (QED) is 0.808. The lowest BCUT2D eigenvalue weighted by atomic mass is 10.4. The first-order chi connectivity index (χ1) is 7.18. The number of hydrogen-bond donors (Lipinski definition) is 2. The minimum Gasteiger partial charge on any atom is -0.314 e. The minimum atomic E-state index is -3.36. The maximum absolute atomic E-state index is 11.8. The lowest BCUT2D eigenvalue weighted by Crippen LogP contribution is -2.48. The molecule has 0 bridgehead atoms. The first-order valence-electron chi connectivity index (χ1n) is 4.69. The predicted octanol–water partition coefficient (Wildman–Crippen LogP) is 0.310. The number of rotatable bonds is 3. The van der Waals surface area contributed by atoms with Gasteiger partial charge in [0, 0.05) is 31.6 Å². The van der Waals surface area contributed by atoms with Crippen molar-refractivity contribution in [2.45, 2.75) is 0 Å². The van der Waals surface area contributed by atoms with Gasteiger partial charge in [0.2, 0.25) is 0 Å². The Balaban J connectivity index is 2.05. The van der Waals surface area contributed by atoms with E-state index in [4.69, 9.17) is 0 Å². The van der Waals surface area contributed by atoms with Gasteiger partial charge in [-0.3, -0.25) is 4.72 Å². The molecule has 1 aliphatic heterocycles. The third-order valence-corrected chi connectivity index (χ3v) is 4.41. The van der Waals surface area contributed by atoms with Crippen LogP contribution in [0, 0.1) is 0 Å². The molecule has 2 N–H and O–H groups in total. The fourth-order valence-corrected chi connectivity index (χ4v) is 3.30.